The summed E-state index contributed by atoms with van der Waals surface area (Å²) >= 11 is 6.19. The third-order valence-electron chi connectivity index (χ3n) is 2.82. The van der Waals surface area contributed by atoms with E-state index < -0.39 is 0 Å². The Kier molecular flexibility index (Phi) is 3.47. The second kappa shape index (κ2) is 4.84. The minimum atomic E-state index is 0.228. The average molecular weight is 225 g/mol. The first-order chi connectivity index (χ1) is 7.24. The first-order valence-corrected chi connectivity index (χ1v) is 6.00. The van der Waals surface area contributed by atoms with Crippen LogP contribution in [0.15, 0.2) is 23.9 Å². The molecule has 1 aliphatic rings. The minimum absolute atomic E-state index is 0.228. The summed E-state index contributed by atoms with van der Waals surface area (Å²) in [6.07, 6.45) is 9.99. The van der Waals surface area contributed by atoms with Crippen molar-refractivity contribution in [3.05, 3.63) is 29.6 Å². The fraction of sp³-hybridized carbons (Fsp3) is 0.583. The highest BCUT2D eigenvalue weighted by Gasteiger charge is 2.10. The van der Waals surface area contributed by atoms with Gasteiger partial charge in [-0.25, -0.2) is 0 Å². The molecule has 1 aromatic heterocycles. The van der Waals surface area contributed by atoms with E-state index in [9.17, 15) is 0 Å². The molecule has 15 heavy (non-hydrogen) atoms. The molecule has 0 N–H and O–H groups in total. The summed E-state index contributed by atoms with van der Waals surface area (Å²) in [4.78, 5) is 0. The lowest BCUT2D eigenvalue weighted by Crippen LogP contribution is -1.96. The van der Waals surface area contributed by atoms with Crippen LogP contribution in [0.1, 0.15) is 31.4 Å². The molecule has 82 valence electrons. The molecule has 1 atom stereocenters. The fourth-order valence-corrected chi connectivity index (χ4v) is 2.38. The van der Waals surface area contributed by atoms with Crippen molar-refractivity contribution < 1.29 is 0 Å². The smallest absolute Gasteiger partial charge is 0.0664 e. The molecule has 2 rings (SSSR count). The normalized spacial score (nSPS) is 22.3. The largest absolute Gasteiger partial charge is 0.276 e. The van der Waals surface area contributed by atoms with Gasteiger partial charge in [0.2, 0.25) is 0 Å². The Labute approximate surface area is 95.9 Å². The van der Waals surface area contributed by atoms with Crippen LogP contribution >= 0.6 is 11.6 Å². The Morgan fingerprint density at radius 1 is 1.53 bits per heavy atom. The van der Waals surface area contributed by atoms with E-state index in [-0.39, 0.29) is 5.38 Å². The van der Waals surface area contributed by atoms with Crippen LogP contribution < -0.4 is 0 Å². The predicted octanol–water partition coefficient (Wildman–Crippen LogP) is 3.07. The summed E-state index contributed by atoms with van der Waals surface area (Å²) in [6.45, 7) is 0. The monoisotopic (exact) mass is 224 g/mol. The number of nitrogens with zero attached hydrogens (tertiary/aromatic N) is 2. The molecule has 2 nitrogen and oxygen atoms in total. The standard InChI is InChI=1S/C12H17ClN2/c1-15-7-6-12(14-15)9-10-4-2-3-5-11(13)8-10/h6-8,11H,2-5,9H2,1H3. The lowest BCUT2D eigenvalue weighted by molar-refractivity contribution is 0.704. The molecule has 3 heteroatoms. The average Bonchev–Trinajstić information content (AvgIpc) is 2.46. The molecule has 1 heterocycles. The second-order valence-electron chi connectivity index (χ2n) is 4.24. The number of hydrogen-bond donors (Lipinski definition) is 0. The molecule has 1 aromatic rings. The Balaban J connectivity index is 2.04. The van der Waals surface area contributed by atoms with E-state index in [1.54, 1.807) is 0 Å². The lowest BCUT2D eigenvalue weighted by Gasteiger charge is -2.03. The van der Waals surface area contributed by atoms with Gasteiger partial charge in [-0.15, -0.1) is 11.6 Å². The number of halogens is 1. The first-order valence-electron chi connectivity index (χ1n) is 5.56. The number of alkyl halides is 1. The van der Waals surface area contributed by atoms with Gasteiger partial charge in [-0.1, -0.05) is 18.1 Å². The van der Waals surface area contributed by atoms with Gasteiger partial charge in [0.15, 0.2) is 0 Å². The number of rotatable bonds is 2. The van der Waals surface area contributed by atoms with E-state index in [2.05, 4.69) is 17.2 Å². The Hall–Kier alpha value is -0.760. The van der Waals surface area contributed by atoms with E-state index in [1.807, 2.05) is 17.9 Å². The predicted molar refractivity (Wildman–Crippen MR) is 63.1 cm³/mol. The number of allylic oxidation sites excluding steroid dienone is 2. The highest BCUT2D eigenvalue weighted by Crippen LogP contribution is 2.23. The maximum atomic E-state index is 6.19. The summed E-state index contributed by atoms with van der Waals surface area (Å²) in [6, 6.07) is 2.08. The van der Waals surface area contributed by atoms with Gasteiger partial charge in [-0.3, -0.25) is 4.68 Å². The van der Waals surface area contributed by atoms with Crippen LogP contribution in [0.4, 0.5) is 0 Å². The van der Waals surface area contributed by atoms with E-state index >= 15 is 0 Å². The zero-order valence-corrected chi connectivity index (χ0v) is 9.87. The van der Waals surface area contributed by atoms with Gasteiger partial charge in [0.05, 0.1) is 11.1 Å². The van der Waals surface area contributed by atoms with Crippen LogP contribution in [0.25, 0.3) is 0 Å². The summed E-state index contributed by atoms with van der Waals surface area (Å²) < 4.78 is 1.85. The van der Waals surface area contributed by atoms with Crippen LogP contribution in [0.3, 0.4) is 0 Å². The van der Waals surface area contributed by atoms with Crippen molar-refractivity contribution in [1.82, 2.24) is 9.78 Å². The second-order valence-corrected chi connectivity index (χ2v) is 4.80. The maximum Gasteiger partial charge on any atom is 0.0664 e. The molecule has 0 saturated carbocycles. The van der Waals surface area contributed by atoms with Crippen molar-refractivity contribution in [2.45, 2.75) is 37.5 Å². The molecule has 0 spiro atoms. The summed E-state index contributed by atoms with van der Waals surface area (Å²) in [5.74, 6) is 0. The Morgan fingerprint density at radius 2 is 2.40 bits per heavy atom. The van der Waals surface area contributed by atoms with Crippen LogP contribution in [0, 0.1) is 0 Å². The molecule has 0 amide bonds. The SMILES string of the molecule is Cn1ccc(CC2=CC(Cl)CCCC2)n1. The third-order valence-corrected chi connectivity index (χ3v) is 3.17. The molecular formula is C12H17ClN2. The van der Waals surface area contributed by atoms with Gasteiger partial charge in [0.1, 0.15) is 0 Å². The number of hydrogen-bond acceptors (Lipinski definition) is 1. The van der Waals surface area contributed by atoms with Gasteiger partial charge in [-0.05, 0) is 25.3 Å². The van der Waals surface area contributed by atoms with E-state index in [4.69, 9.17) is 11.6 Å². The zero-order valence-electron chi connectivity index (χ0n) is 9.12. The quantitative estimate of drug-likeness (QED) is 0.558. The Morgan fingerprint density at radius 3 is 3.13 bits per heavy atom. The Bertz CT molecular complexity index is 354. The fourth-order valence-electron chi connectivity index (χ4n) is 2.05. The molecule has 1 aliphatic carbocycles. The molecule has 0 saturated heterocycles. The van der Waals surface area contributed by atoms with Crippen molar-refractivity contribution >= 4 is 11.6 Å². The third kappa shape index (κ3) is 3.10. The molecule has 0 fully saturated rings. The molecule has 0 aromatic carbocycles. The summed E-state index contributed by atoms with van der Waals surface area (Å²) in [7, 11) is 1.95. The van der Waals surface area contributed by atoms with Crippen LogP contribution in [0.2, 0.25) is 0 Å². The maximum absolute atomic E-state index is 6.19. The topological polar surface area (TPSA) is 17.8 Å². The molecule has 0 radical (unpaired) electrons. The van der Waals surface area contributed by atoms with Crippen molar-refractivity contribution in [1.29, 1.82) is 0 Å². The van der Waals surface area contributed by atoms with Gasteiger partial charge in [0, 0.05) is 19.7 Å². The molecule has 0 aliphatic heterocycles. The highest BCUT2D eigenvalue weighted by atomic mass is 35.5. The summed E-state index contributed by atoms with van der Waals surface area (Å²) in [5.41, 5.74) is 2.60. The van der Waals surface area contributed by atoms with Crippen LogP contribution in [-0.4, -0.2) is 15.2 Å². The highest BCUT2D eigenvalue weighted by molar-refractivity contribution is 6.21. The minimum Gasteiger partial charge on any atom is -0.276 e. The molecule has 1 unspecified atom stereocenters. The zero-order chi connectivity index (χ0) is 10.7. The van der Waals surface area contributed by atoms with Gasteiger partial charge >= 0.3 is 0 Å². The van der Waals surface area contributed by atoms with Gasteiger partial charge in [0.25, 0.3) is 0 Å². The van der Waals surface area contributed by atoms with E-state index in [1.165, 1.54) is 24.8 Å². The van der Waals surface area contributed by atoms with Crippen molar-refractivity contribution in [2.24, 2.45) is 7.05 Å². The number of aromatic nitrogens is 2. The first kappa shape index (κ1) is 10.7. The summed E-state index contributed by atoms with van der Waals surface area (Å²) in [5, 5.41) is 4.62. The number of aryl methyl sites for hydroxylation is 1. The molecule has 0 bridgehead atoms. The van der Waals surface area contributed by atoms with Crippen LogP contribution in [0.5, 0.6) is 0 Å². The van der Waals surface area contributed by atoms with E-state index in [0.29, 0.717) is 0 Å². The van der Waals surface area contributed by atoms with Crippen LogP contribution in [-0.2, 0) is 13.5 Å². The lowest BCUT2D eigenvalue weighted by atomic mass is 10.1. The van der Waals surface area contributed by atoms with Gasteiger partial charge < -0.3 is 0 Å². The van der Waals surface area contributed by atoms with Crippen molar-refractivity contribution in [2.75, 3.05) is 0 Å². The van der Waals surface area contributed by atoms with Crippen molar-refractivity contribution in [3.63, 3.8) is 0 Å². The van der Waals surface area contributed by atoms with E-state index in [0.717, 1.165) is 18.5 Å². The van der Waals surface area contributed by atoms with Crippen molar-refractivity contribution in [3.8, 4) is 0 Å². The molecular weight excluding hydrogens is 208 g/mol. The van der Waals surface area contributed by atoms with Gasteiger partial charge in [-0.2, -0.15) is 5.10 Å².